The first-order chi connectivity index (χ1) is 28.2. The van der Waals surface area contributed by atoms with Crippen molar-refractivity contribution in [2.75, 3.05) is 0 Å². The fourth-order valence-electron chi connectivity index (χ4n) is 7.94. The fraction of sp³-hybridized carbons (Fsp3) is 0. The highest BCUT2D eigenvalue weighted by atomic mass is 16.3. The Balaban J connectivity index is 0.903. The Morgan fingerprint density at radius 1 is 0.246 bits per heavy atom. The minimum Gasteiger partial charge on any atom is -0.456 e. The SMILES string of the molecule is c1ccc(-c2ccc(-c3nc(-c4ccccc4)nc(-c4ccc(-c5ccc6c(ccc7cc(-c8ccc9oc%10ccccc%10c9c8)ccc76)c5)cc4)n3)cc2)cc1. The van der Waals surface area contributed by atoms with Crippen molar-refractivity contribution in [2.24, 2.45) is 0 Å². The van der Waals surface area contributed by atoms with E-state index in [-0.39, 0.29) is 0 Å². The standard InChI is InChI=1S/C53H33N3O/c1-3-9-34(10-4-1)35-15-19-38(20-16-35)52-54-51(37-11-5-2-6-12-37)55-53(56-52)39-21-17-36(18-22-39)40-25-28-45-43(31-40)23-24-44-32-41(26-29-46(44)45)42-27-30-50-48(33-42)47-13-7-8-14-49(47)57-50/h1-33H. The van der Waals surface area contributed by atoms with Crippen LogP contribution in [0.1, 0.15) is 0 Å². The van der Waals surface area contributed by atoms with Crippen LogP contribution < -0.4 is 0 Å². The van der Waals surface area contributed by atoms with E-state index in [0.29, 0.717) is 17.5 Å². The molecule has 0 unspecified atom stereocenters. The second kappa shape index (κ2) is 13.6. The summed E-state index contributed by atoms with van der Waals surface area (Å²) in [5, 5.41) is 7.18. The van der Waals surface area contributed by atoms with E-state index in [1.165, 1.54) is 38.2 Å². The molecule has 11 aromatic rings. The van der Waals surface area contributed by atoms with Crippen LogP contribution in [0, 0.1) is 0 Å². The number of furan rings is 1. The van der Waals surface area contributed by atoms with Crippen molar-refractivity contribution in [2.45, 2.75) is 0 Å². The molecule has 57 heavy (non-hydrogen) atoms. The number of nitrogens with zero attached hydrogens (tertiary/aromatic N) is 3. The molecule has 4 heteroatoms. The molecular weight excluding hydrogens is 695 g/mol. The largest absolute Gasteiger partial charge is 0.456 e. The Hall–Kier alpha value is -7.69. The van der Waals surface area contributed by atoms with Crippen LogP contribution >= 0.6 is 0 Å². The molecule has 2 heterocycles. The lowest BCUT2D eigenvalue weighted by atomic mass is 9.94. The Morgan fingerprint density at radius 3 is 1.23 bits per heavy atom. The molecular formula is C53H33N3O. The molecule has 0 aliphatic rings. The molecule has 0 bridgehead atoms. The summed E-state index contributed by atoms with van der Waals surface area (Å²) in [4.78, 5) is 14.9. The van der Waals surface area contributed by atoms with Gasteiger partial charge in [0, 0.05) is 27.5 Å². The van der Waals surface area contributed by atoms with Crippen molar-refractivity contribution < 1.29 is 4.42 Å². The summed E-state index contributed by atoms with van der Waals surface area (Å²) >= 11 is 0. The van der Waals surface area contributed by atoms with Crippen molar-refractivity contribution in [1.29, 1.82) is 0 Å². The maximum absolute atomic E-state index is 6.07. The summed E-state index contributed by atoms with van der Waals surface area (Å²) in [6, 6.07) is 70.1. The number of hydrogen-bond donors (Lipinski definition) is 0. The minimum absolute atomic E-state index is 0.639. The number of rotatable bonds is 6. The molecule has 0 amide bonds. The van der Waals surface area contributed by atoms with Gasteiger partial charge in [-0.3, -0.25) is 0 Å². The first-order valence-electron chi connectivity index (χ1n) is 19.2. The zero-order valence-electron chi connectivity index (χ0n) is 30.8. The summed E-state index contributed by atoms with van der Waals surface area (Å²) < 4.78 is 6.07. The van der Waals surface area contributed by atoms with E-state index in [9.17, 15) is 0 Å². The lowest BCUT2D eigenvalue weighted by Crippen LogP contribution is -2.00. The van der Waals surface area contributed by atoms with Crippen molar-refractivity contribution in [3.63, 3.8) is 0 Å². The topological polar surface area (TPSA) is 51.8 Å². The molecule has 0 saturated carbocycles. The maximum atomic E-state index is 6.07. The van der Waals surface area contributed by atoms with Crippen molar-refractivity contribution in [3.05, 3.63) is 200 Å². The maximum Gasteiger partial charge on any atom is 0.164 e. The third kappa shape index (κ3) is 6.01. The van der Waals surface area contributed by atoms with Gasteiger partial charge in [-0.15, -0.1) is 0 Å². The number of hydrogen-bond acceptors (Lipinski definition) is 4. The first-order valence-corrected chi connectivity index (χ1v) is 19.2. The molecule has 0 aliphatic heterocycles. The highest BCUT2D eigenvalue weighted by molar-refractivity contribution is 6.10. The molecule has 0 N–H and O–H groups in total. The predicted molar refractivity (Wildman–Crippen MR) is 235 cm³/mol. The van der Waals surface area contributed by atoms with Crippen LogP contribution in [0.4, 0.5) is 0 Å². The van der Waals surface area contributed by atoms with Crippen LogP contribution in [-0.2, 0) is 0 Å². The second-order valence-corrected chi connectivity index (χ2v) is 14.4. The smallest absolute Gasteiger partial charge is 0.164 e. The van der Waals surface area contributed by atoms with Gasteiger partial charge in [0.2, 0.25) is 0 Å². The molecule has 0 aliphatic carbocycles. The lowest BCUT2D eigenvalue weighted by molar-refractivity contribution is 0.669. The molecule has 0 atom stereocenters. The van der Waals surface area contributed by atoms with Crippen LogP contribution in [0.3, 0.4) is 0 Å². The normalized spacial score (nSPS) is 11.5. The fourth-order valence-corrected chi connectivity index (χ4v) is 7.94. The molecule has 0 spiro atoms. The van der Waals surface area contributed by atoms with Gasteiger partial charge in [0.05, 0.1) is 0 Å². The Kier molecular flexibility index (Phi) is 7.78. The van der Waals surface area contributed by atoms with Gasteiger partial charge in [-0.05, 0) is 85.3 Å². The average molecular weight is 728 g/mol. The van der Waals surface area contributed by atoms with E-state index in [2.05, 4.69) is 152 Å². The molecule has 0 radical (unpaired) electrons. The van der Waals surface area contributed by atoms with E-state index < -0.39 is 0 Å². The highest BCUT2D eigenvalue weighted by Crippen LogP contribution is 2.36. The summed E-state index contributed by atoms with van der Waals surface area (Å²) in [7, 11) is 0. The molecule has 0 saturated heterocycles. The predicted octanol–water partition coefficient (Wildman–Crippen LogP) is 14.1. The van der Waals surface area contributed by atoms with Crippen molar-refractivity contribution in [3.8, 4) is 67.5 Å². The zero-order valence-corrected chi connectivity index (χ0v) is 30.8. The summed E-state index contributed by atoms with van der Waals surface area (Å²) in [5.41, 5.74) is 11.6. The Morgan fingerprint density at radius 2 is 0.632 bits per heavy atom. The molecule has 0 fully saturated rings. The van der Waals surface area contributed by atoms with Crippen LogP contribution in [-0.4, -0.2) is 15.0 Å². The van der Waals surface area contributed by atoms with Crippen LogP contribution in [0.25, 0.3) is 111 Å². The van der Waals surface area contributed by atoms with Gasteiger partial charge in [-0.1, -0.05) is 170 Å². The number of aromatic nitrogens is 3. The summed E-state index contributed by atoms with van der Waals surface area (Å²) in [6.07, 6.45) is 0. The molecule has 266 valence electrons. The molecule has 2 aromatic heterocycles. The van der Waals surface area contributed by atoms with Gasteiger partial charge in [0.1, 0.15) is 11.2 Å². The van der Waals surface area contributed by atoms with E-state index in [0.717, 1.165) is 55.3 Å². The zero-order chi connectivity index (χ0) is 37.7. The monoisotopic (exact) mass is 727 g/mol. The second-order valence-electron chi connectivity index (χ2n) is 14.4. The van der Waals surface area contributed by atoms with E-state index in [4.69, 9.17) is 19.4 Å². The van der Waals surface area contributed by atoms with Gasteiger partial charge >= 0.3 is 0 Å². The third-order valence-corrected chi connectivity index (χ3v) is 10.9. The third-order valence-electron chi connectivity index (χ3n) is 10.9. The first kappa shape index (κ1) is 32.7. The summed E-state index contributed by atoms with van der Waals surface area (Å²) in [5.74, 6) is 1.93. The van der Waals surface area contributed by atoms with Gasteiger partial charge in [0.15, 0.2) is 17.5 Å². The summed E-state index contributed by atoms with van der Waals surface area (Å²) in [6.45, 7) is 0. The lowest BCUT2D eigenvalue weighted by Gasteiger charge is -2.11. The van der Waals surface area contributed by atoms with E-state index in [1.54, 1.807) is 0 Å². The Bertz CT molecular complexity index is 3260. The number of fused-ring (bicyclic) bond motifs is 6. The molecule has 11 rings (SSSR count). The highest BCUT2D eigenvalue weighted by Gasteiger charge is 2.14. The van der Waals surface area contributed by atoms with Gasteiger partial charge < -0.3 is 4.42 Å². The van der Waals surface area contributed by atoms with E-state index in [1.807, 2.05) is 48.5 Å². The van der Waals surface area contributed by atoms with Crippen molar-refractivity contribution in [1.82, 2.24) is 15.0 Å². The quantitative estimate of drug-likeness (QED) is 0.160. The van der Waals surface area contributed by atoms with E-state index >= 15 is 0 Å². The minimum atomic E-state index is 0.639. The van der Waals surface area contributed by atoms with Crippen molar-refractivity contribution >= 4 is 43.5 Å². The van der Waals surface area contributed by atoms with Gasteiger partial charge in [-0.25, -0.2) is 15.0 Å². The van der Waals surface area contributed by atoms with Gasteiger partial charge in [0.25, 0.3) is 0 Å². The Labute approximate surface area is 329 Å². The number of benzene rings is 9. The molecule has 4 nitrogen and oxygen atoms in total. The average Bonchev–Trinajstić information content (AvgIpc) is 3.67. The number of para-hydroxylation sites is 1. The van der Waals surface area contributed by atoms with Gasteiger partial charge in [-0.2, -0.15) is 0 Å². The molecule has 9 aromatic carbocycles. The van der Waals surface area contributed by atoms with Crippen LogP contribution in [0.15, 0.2) is 205 Å². The van der Waals surface area contributed by atoms with Crippen LogP contribution in [0.2, 0.25) is 0 Å². The van der Waals surface area contributed by atoms with Crippen LogP contribution in [0.5, 0.6) is 0 Å².